The lowest BCUT2D eigenvalue weighted by Gasteiger charge is -2.15. The van der Waals surface area contributed by atoms with Gasteiger partial charge in [0.05, 0.1) is 6.61 Å². The van der Waals surface area contributed by atoms with Crippen molar-refractivity contribution in [1.29, 1.82) is 0 Å². The number of carbonyl (C=O) groups excluding carboxylic acids is 2. The van der Waals surface area contributed by atoms with Crippen LogP contribution in [-0.4, -0.2) is 36.4 Å². The standard InChI is InChI=1S/C39H68O5/c1-3-5-7-9-11-13-15-17-18-19-20-22-23-25-27-29-31-33-38(41)43-36-37(35-40)44-39(42)34-32-30-28-26-24-21-16-14-12-10-8-6-4-2/h11,13-14,16-18,20,22,37,40H,3-10,12,15,19,21,23-36H2,1-2H3. The number of rotatable bonds is 32. The first-order chi connectivity index (χ1) is 21.6. The molecule has 0 aliphatic heterocycles. The topological polar surface area (TPSA) is 72.8 Å². The molecule has 0 fully saturated rings. The Morgan fingerprint density at radius 3 is 1.43 bits per heavy atom. The monoisotopic (exact) mass is 617 g/mol. The van der Waals surface area contributed by atoms with Gasteiger partial charge >= 0.3 is 11.9 Å². The van der Waals surface area contributed by atoms with Crippen molar-refractivity contribution >= 4 is 11.9 Å². The molecule has 0 bridgehead atoms. The lowest BCUT2D eigenvalue weighted by atomic mass is 10.1. The van der Waals surface area contributed by atoms with Crippen molar-refractivity contribution in [1.82, 2.24) is 0 Å². The highest BCUT2D eigenvalue weighted by Crippen LogP contribution is 2.11. The van der Waals surface area contributed by atoms with Gasteiger partial charge in [0, 0.05) is 12.8 Å². The van der Waals surface area contributed by atoms with E-state index in [-0.39, 0.29) is 25.2 Å². The molecule has 0 spiro atoms. The van der Waals surface area contributed by atoms with E-state index in [4.69, 9.17) is 9.47 Å². The highest BCUT2D eigenvalue weighted by Gasteiger charge is 2.16. The summed E-state index contributed by atoms with van der Waals surface area (Å²) in [6, 6.07) is 0. The zero-order valence-corrected chi connectivity index (χ0v) is 28.7. The van der Waals surface area contributed by atoms with Crippen LogP contribution in [0, 0.1) is 0 Å². The molecule has 0 saturated carbocycles. The van der Waals surface area contributed by atoms with Gasteiger partial charge in [0.1, 0.15) is 6.61 Å². The van der Waals surface area contributed by atoms with E-state index >= 15 is 0 Å². The molecular formula is C39H68O5. The Morgan fingerprint density at radius 2 is 0.909 bits per heavy atom. The van der Waals surface area contributed by atoms with Gasteiger partial charge in [0.2, 0.25) is 0 Å². The molecule has 0 aromatic heterocycles. The fraction of sp³-hybridized carbons (Fsp3) is 0.744. The van der Waals surface area contributed by atoms with Crippen molar-refractivity contribution in [2.75, 3.05) is 13.2 Å². The molecule has 5 heteroatoms. The van der Waals surface area contributed by atoms with E-state index in [0.717, 1.165) is 70.6 Å². The Morgan fingerprint density at radius 1 is 0.523 bits per heavy atom. The van der Waals surface area contributed by atoms with Crippen molar-refractivity contribution in [2.24, 2.45) is 0 Å². The molecule has 5 nitrogen and oxygen atoms in total. The summed E-state index contributed by atoms with van der Waals surface area (Å²) in [5.74, 6) is -0.630. The maximum atomic E-state index is 12.1. The number of ether oxygens (including phenoxy) is 2. The quantitative estimate of drug-likeness (QED) is 0.0462. The number of aliphatic hydroxyl groups excluding tert-OH is 1. The Hall–Kier alpha value is -2.14. The Kier molecular flexibility index (Phi) is 33.6. The van der Waals surface area contributed by atoms with Crippen molar-refractivity contribution in [2.45, 2.75) is 174 Å². The molecule has 0 radical (unpaired) electrons. The number of aliphatic hydroxyl groups is 1. The maximum Gasteiger partial charge on any atom is 0.306 e. The fourth-order valence-electron chi connectivity index (χ4n) is 4.79. The van der Waals surface area contributed by atoms with E-state index in [1.165, 1.54) is 70.6 Å². The molecule has 0 rings (SSSR count). The van der Waals surface area contributed by atoms with E-state index < -0.39 is 6.10 Å². The molecule has 0 heterocycles. The number of hydrogen-bond acceptors (Lipinski definition) is 5. The summed E-state index contributed by atoms with van der Waals surface area (Å²) in [5, 5.41) is 9.52. The molecule has 0 aliphatic rings. The van der Waals surface area contributed by atoms with E-state index in [2.05, 4.69) is 62.5 Å². The Balaban J connectivity index is 3.65. The van der Waals surface area contributed by atoms with E-state index in [9.17, 15) is 14.7 Å². The van der Waals surface area contributed by atoms with Gasteiger partial charge in [-0.3, -0.25) is 9.59 Å². The van der Waals surface area contributed by atoms with Crippen LogP contribution in [0.15, 0.2) is 48.6 Å². The Bertz CT molecular complexity index is 752. The largest absolute Gasteiger partial charge is 0.462 e. The number of allylic oxidation sites excluding steroid dienone is 8. The van der Waals surface area contributed by atoms with Gasteiger partial charge in [-0.1, -0.05) is 127 Å². The average Bonchev–Trinajstić information content (AvgIpc) is 3.02. The van der Waals surface area contributed by atoms with Crippen LogP contribution >= 0.6 is 0 Å². The highest BCUT2D eigenvalue weighted by molar-refractivity contribution is 5.70. The third-order valence-corrected chi connectivity index (χ3v) is 7.60. The molecule has 254 valence electrons. The summed E-state index contributed by atoms with van der Waals surface area (Å²) in [4.78, 5) is 24.2. The van der Waals surface area contributed by atoms with E-state index in [0.29, 0.717) is 12.8 Å². The molecule has 0 aromatic rings. The molecule has 0 amide bonds. The van der Waals surface area contributed by atoms with E-state index in [1.54, 1.807) is 0 Å². The second-order valence-corrected chi connectivity index (χ2v) is 11.9. The zero-order valence-electron chi connectivity index (χ0n) is 28.7. The van der Waals surface area contributed by atoms with Crippen molar-refractivity contribution in [3.8, 4) is 0 Å². The van der Waals surface area contributed by atoms with Crippen molar-refractivity contribution in [3.05, 3.63) is 48.6 Å². The minimum Gasteiger partial charge on any atom is -0.462 e. The van der Waals surface area contributed by atoms with Crippen LogP contribution in [-0.2, 0) is 19.1 Å². The molecule has 0 aliphatic carbocycles. The third-order valence-electron chi connectivity index (χ3n) is 7.60. The minimum atomic E-state index is -0.783. The number of esters is 2. The van der Waals surface area contributed by atoms with Gasteiger partial charge in [0.15, 0.2) is 6.10 Å². The molecule has 0 aromatic carbocycles. The van der Waals surface area contributed by atoms with Gasteiger partial charge in [-0.05, 0) is 77.0 Å². The fourth-order valence-corrected chi connectivity index (χ4v) is 4.79. The predicted molar refractivity (Wildman–Crippen MR) is 187 cm³/mol. The first-order valence-electron chi connectivity index (χ1n) is 18.2. The smallest absolute Gasteiger partial charge is 0.306 e. The van der Waals surface area contributed by atoms with Gasteiger partial charge in [-0.15, -0.1) is 0 Å². The summed E-state index contributed by atoms with van der Waals surface area (Å²) < 4.78 is 10.6. The van der Waals surface area contributed by atoms with Crippen molar-refractivity contribution in [3.63, 3.8) is 0 Å². The summed E-state index contributed by atoms with van der Waals surface area (Å²) in [6.07, 6.45) is 43.0. The average molecular weight is 617 g/mol. The van der Waals surface area contributed by atoms with Crippen LogP contribution < -0.4 is 0 Å². The number of carbonyl (C=O) groups is 2. The molecule has 44 heavy (non-hydrogen) atoms. The lowest BCUT2D eigenvalue weighted by molar-refractivity contribution is -0.161. The first kappa shape index (κ1) is 41.9. The third kappa shape index (κ3) is 32.8. The van der Waals surface area contributed by atoms with Crippen LogP contribution in [0.25, 0.3) is 0 Å². The number of unbranched alkanes of at least 4 members (excludes halogenated alkanes) is 16. The summed E-state index contributed by atoms with van der Waals surface area (Å²) in [6.45, 7) is 4.05. The molecule has 1 N–H and O–H groups in total. The predicted octanol–water partition coefficient (Wildman–Crippen LogP) is 11.1. The van der Waals surface area contributed by atoms with Crippen LogP contribution in [0.3, 0.4) is 0 Å². The zero-order chi connectivity index (χ0) is 32.2. The number of hydrogen-bond donors (Lipinski definition) is 1. The summed E-state index contributed by atoms with van der Waals surface area (Å²) in [5.41, 5.74) is 0. The SMILES string of the molecule is CCCCCC=CCC=CCC=CCCCCCCC(=O)OCC(CO)OC(=O)CCCCCCCC=CCCCCCC. The minimum absolute atomic E-state index is 0.0817. The van der Waals surface area contributed by atoms with Crippen LogP contribution in [0.1, 0.15) is 168 Å². The summed E-state index contributed by atoms with van der Waals surface area (Å²) >= 11 is 0. The first-order valence-corrected chi connectivity index (χ1v) is 18.2. The summed E-state index contributed by atoms with van der Waals surface area (Å²) in [7, 11) is 0. The van der Waals surface area contributed by atoms with Crippen molar-refractivity contribution < 1.29 is 24.2 Å². The molecular weight excluding hydrogens is 548 g/mol. The second kappa shape index (κ2) is 35.3. The Labute approximate surface area is 271 Å². The van der Waals surface area contributed by atoms with Crippen LogP contribution in [0.5, 0.6) is 0 Å². The molecule has 1 unspecified atom stereocenters. The second-order valence-electron chi connectivity index (χ2n) is 11.9. The van der Waals surface area contributed by atoms with Gasteiger partial charge in [0.25, 0.3) is 0 Å². The highest BCUT2D eigenvalue weighted by atomic mass is 16.6. The van der Waals surface area contributed by atoms with Crippen LogP contribution in [0.2, 0.25) is 0 Å². The van der Waals surface area contributed by atoms with Gasteiger partial charge in [-0.2, -0.15) is 0 Å². The normalized spacial score (nSPS) is 12.7. The lowest BCUT2D eigenvalue weighted by Crippen LogP contribution is -2.28. The molecule has 0 saturated heterocycles. The molecule has 1 atom stereocenters. The van der Waals surface area contributed by atoms with Crippen LogP contribution in [0.4, 0.5) is 0 Å². The van der Waals surface area contributed by atoms with Gasteiger partial charge < -0.3 is 14.6 Å². The maximum absolute atomic E-state index is 12.1. The van der Waals surface area contributed by atoms with Gasteiger partial charge in [-0.25, -0.2) is 0 Å². The van der Waals surface area contributed by atoms with E-state index in [1.807, 2.05) is 0 Å².